The number of hydrogen-bond donors (Lipinski definition) is 1. The number of amides is 1. The van der Waals surface area contributed by atoms with Gasteiger partial charge in [0.05, 0.1) is 17.4 Å². The molecule has 4 rings (SSSR count). The SMILES string of the molecule is Cc1nc(COc2ccccc2C(=O)Nc2ccc(-n3nccc3C(F)(F)F)cc2)no1. The van der Waals surface area contributed by atoms with Crippen molar-refractivity contribution in [2.75, 3.05) is 5.32 Å². The van der Waals surface area contributed by atoms with Crippen LogP contribution in [0.5, 0.6) is 5.75 Å². The second-order valence-electron chi connectivity index (χ2n) is 6.64. The number of para-hydroxylation sites is 1. The van der Waals surface area contributed by atoms with E-state index in [1.807, 2.05) is 0 Å². The molecule has 0 aliphatic heterocycles. The summed E-state index contributed by atoms with van der Waals surface area (Å²) in [5, 5.41) is 10.2. The maximum atomic E-state index is 13.1. The Morgan fingerprint density at radius 1 is 1.12 bits per heavy atom. The Bertz CT molecular complexity index is 1230. The van der Waals surface area contributed by atoms with Crippen molar-refractivity contribution in [1.82, 2.24) is 19.9 Å². The van der Waals surface area contributed by atoms with Gasteiger partial charge in [0.2, 0.25) is 11.7 Å². The predicted molar refractivity (Wildman–Crippen MR) is 106 cm³/mol. The highest BCUT2D eigenvalue weighted by Gasteiger charge is 2.35. The molecule has 0 bridgehead atoms. The van der Waals surface area contributed by atoms with Crippen molar-refractivity contribution in [3.05, 3.63) is 83.8 Å². The van der Waals surface area contributed by atoms with Crippen LogP contribution in [0, 0.1) is 6.92 Å². The van der Waals surface area contributed by atoms with Crippen molar-refractivity contribution in [3.8, 4) is 11.4 Å². The second-order valence-corrected chi connectivity index (χ2v) is 6.64. The summed E-state index contributed by atoms with van der Waals surface area (Å²) < 4.78 is 50.5. The van der Waals surface area contributed by atoms with E-state index in [2.05, 4.69) is 20.6 Å². The number of carbonyl (C=O) groups is 1. The van der Waals surface area contributed by atoms with Crippen LogP contribution in [0.15, 0.2) is 65.3 Å². The summed E-state index contributed by atoms with van der Waals surface area (Å²) in [5.74, 6) is 0.601. The van der Waals surface area contributed by atoms with Crippen molar-refractivity contribution in [1.29, 1.82) is 0 Å². The number of carbonyl (C=O) groups excluding carboxylic acids is 1. The molecular formula is C21H16F3N5O3. The fourth-order valence-electron chi connectivity index (χ4n) is 2.93. The third-order valence-corrected chi connectivity index (χ3v) is 4.36. The lowest BCUT2D eigenvalue weighted by Gasteiger charge is -2.12. The molecule has 1 amide bonds. The first-order valence-electron chi connectivity index (χ1n) is 9.35. The monoisotopic (exact) mass is 443 g/mol. The van der Waals surface area contributed by atoms with Crippen LogP contribution in [0.3, 0.4) is 0 Å². The summed E-state index contributed by atoms with van der Waals surface area (Å²) in [6, 6.07) is 13.3. The Hall–Kier alpha value is -4.15. The number of rotatable bonds is 6. The van der Waals surface area contributed by atoms with Gasteiger partial charge >= 0.3 is 6.18 Å². The van der Waals surface area contributed by atoms with Gasteiger partial charge in [0.15, 0.2) is 6.61 Å². The molecule has 2 aromatic heterocycles. The van der Waals surface area contributed by atoms with Crippen LogP contribution in [0.25, 0.3) is 5.69 Å². The van der Waals surface area contributed by atoms with Crippen LogP contribution in [0.1, 0.15) is 27.8 Å². The lowest BCUT2D eigenvalue weighted by Crippen LogP contribution is -2.15. The summed E-state index contributed by atoms with van der Waals surface area (Å²) in [5.41, 5.74) is -0.0251. The number of halogens is 3. The zero-order chi connectivity index (χ0) is 22.7. The van der Waals surface area contributed by atoms with Gasteiger partial charge in [-0.3, -0.25) is 4.79 Å². The summed E-state index contributed by atoms with van der Waals surface area (Å²) in [4.78, 5) is 16.8. The number of alkyl halides is 3. The van der Waals surface area contributed by atoms with E-state index in [1.54, 1.807) is 31.2 Å². The lowest BCUT2D eigenvalue weighted by molar-refractivity contribution is -0.142. The van der Waals surface area contributed by atoms with Gasteiger partial charge in [0.1, 0.15) is 11.4 Å². The maximum Gasteiger partial charge on any atom is 0.433 e. The molecule has 11 heteroatoms. The number of hydrogen-bond acceptors (Lipinski definition) is 6. The maximum absolute atomic E-state index is 13.1. The predicted octanol–water partition coefficient (Wildman–Crippen LogP) is 4.41. The van der Waals surface area contributed by atoms with Crippen molar-refractivity contribution in [3.63, 3.8) is 0 Å². The van der Waals surface area contributed by atoms with Crippen LogP contribution < -0.4 is 10.1 Å². The zero-order valence-electron chi connectivity index (χ0n) is 16.6. The fourth-order valence-corrected chi connectivity index (χ4v) is 2.93. The van der Waals surface area contributed by atoms with E-state index >= 15 is 0 Å². The van der Waals surface area contributed by atoms with Crippen LogP contribution in [-0.2, 0) is 12.8 Å². The van der Waals surface area contributed by atoms with E-state index in [0.29, 0.717) is 23.2 Å². The fraction of sp³-hybridized carbons (Fsp3) is 0.143. The summed E-state index contributed by atoms with van der Waals surface area (Å²) in [7, 11) is 0. The average Bonchev–Trinajstić information content (AvgIpc) is 3.42. The first kappa shape index (κ1) is 21.1. The Morgan fingerprint density at radius 3 is 2.56 bits per heavy atom. The van der Waals surface area contributed by atoms with E-state index < -0.39 is 17.8 Å². The summed E-state index contributed by atoms with van der Waals surface area (Å²) >= 11 is 0. The Labute approximate surface area is 179 Å². The van der Waals surface area contributed by atoms with Gasteiger partial charge in [0, 0.05) is 12.6 Å². The van der Waals surface area contributed by atoms with Crippen LogP contribution in [-0.4, -0.2) is 25.8 Å². The summed E-state index contributed by atoms with van der Waals surface area (Å²) in [6.45, 7) is 1.67. The number of benzene rings is 2. The zero-order valence-corrected chi connectivity index (χ0v) is 16.6. The molecule has 0 aliphatic carbocycles. The quantitative estimate of drug-likeness (QED) is 0.474. The van der Waals surface area contributed by atoms with Gasteiger partial charge in [-0.15, -0.1) is 0 Å². The molecule has 8 nitrogen and oxygen atoms in total. The molecule has 0 unspecified atom stereocenters. The lowest BCUT2D eigenvalue weighted by atomic mass is 10.1. The molecule has 32 heavy (non-hydrogen) atoms. The molecule has 164 valence electrons. The van der Waals surface area contributed by atoms with Gasteiger partial charge in [-0.25, -0.2) is 4.68 Å². The van der Waals surface area contributed by atoms with E-state index in [-0.39, 0.29) is 17.9 Å². The smallest absolute Gasteiger partial charge is 0.433 e. The summed E-state index contributed by atoms with van der Waals surface area (Å²) in [6.07, 6.45) is -3.46. The molecule has 1 N–H and O–H groups in total. The molecule has 0 saturated heterocycles. The second kappa shape index (κ2) is 8.53. The number of aromatic nitrogens is 4. The minimum atomic E-state index is -4.53. The molecular weight excluding hydrogens is 427 g/mol. The molecule has 0 aliphatic rings. The average molecular weight is 443 g/mol. The Balaban J connectivity index is 1.47. The molecule has 4 aromatic rings. The van der Waals surface area contributed by atoms with E-state index in [9.17, 15) is 18.0 Å². The topological polar surface area (TPSA) is 95.1 Å². The number of aryl methyl sites for hydroxylation is 1. The highest BCUT2D eigenvalue weighted by molar-refractivity contribution is 6.06. The molecule has 0 radical (unpaired) electrons. The molecule has 0 spiro atoms. The van der Waals surface area contributed by atoms with Gasteiger partial charge in [-0.1, -0.05) is 17.3 Å². The highest BCUT2D eigenvalue weighted by atomic mass is 19.4. The van der Waals surface area contributed by atoms with Crippen LogP contribution in [0.4, 0.5) is 18.9 Å². The standard InChI is InChI=1S/C21H16F3N5O3/c1-13-26-19(28-32-13)12-31-17-5-3-2-4-16(17)20(30)27-14-6-8-15(9-7-14)29-18(10-11-25-29)21(22,23)24/h2-11H,12H2,1H3,(H,27,30). The molecule has 2 aromatic carbocycles. The minimum absolute atomic E-state index is 0.0156. The number of nitrogens with one attached hydrogen (secondary N) is 1. The minimum Gasteiger partial charge on any atom is -0.485 e. The third kappa shape index (κ3) is 4.61. The van der Waals surface area contributed by atoms with Crippen molar-refractivity contribution >= 4 is 11.6 Å². The van der Waals surface area contributed by atoms with Crippen LogP contribution >= 0.6 is 0 Å². The normalized spacial score (nSPS) is 11.4. The van der Waals surface area contributed by atoms with Crippen molar-refractivity contribution in [2.45, 2.75) is 19.7 Å². The molecule has 0 atom stereocenters. The Morgan fingerprint density at radius 2 is 1.88 bits per heavy atom. The van der Waals surface area contributed by atoms with E-state index in [4.69, 9.17) is 9.26 Å². The van der Waals surface area contributed by atoms with Gasteiger partial charge in [-0.05, 0) is 42.5 Å². The van der Waals surface area contributed by atoms with E-state index in [1.165, 1.54) is 24.3 Å². The first-order valence-corrected chi connectivity index (χ1v) is 9.35. The van der Waals surface area contributed by atoms with Gasteiger partial charge < -0.3 is 14.6 Å². The molecule has 0 fully saturated rings. The van der Waals surface area contributed by atoms with Gasteiger partial charge in [0.25, 0.3) is 5.91 Å². The first-order chi connectivity index (χ1) is 15.3. The molecule has 2 heterocycles. The van der Waals surface area contributed by atoms with Crippen LogP contribution in [0.2, 0.25) is 0 Å². The molecule has 0 saturated carbocycles. The van der Waals surface area contributed by atoms with E-state index in [0.717, 1.165) is 16.9 Å². The van der Waals surface area contributed by atoms with Crippen molar-refractivity contribution in [2.24, 2.45) is 0 Å². The van der Waals surface area contributed by atoms with Gasteiger partial charge in [-0.2, -0.15) is 23.3 Å². The highest BCUT2D eigenvalue weighted by Crippen LogP contribution is 2.30. The number of ether oxygens (including phenoxy) is 1. The number of anilines is 1. The number of nitrogens with zero attached hydrogens (tertiary/aromatic N) is 4. The Kier molecular flexibility index (Phi) is 5.63. The largest absolute Gasteiger partial charge is 0.485 e. The van der Waals surface area contributed by atoms with Crippen molar-refractivity contribution < 1.29 is 27.2 Å². The third-order valence-electron chi connectivity index (χ3n) is 4.36.